The van der Waals surface area contributed by atoms with Gasteiger partial charge in [0.2, 0.25) is 5.91 Å². The second-order valence-electron chi connectivity index (χ2n) is 4.44. The number of carbonyl (C=O) groups is 3. The van der Waals surface area contributed by atoms with E-state index in [1.54, 1.807) is 0 Å². The smallest absolute Gasteiger partial charge is 0.270 e. The lowest BCUT2D eigenvalue weighted by Crippen LogP contribution is -2.40. The van der Waals surface area contributed by atoms with E-state index in [1.165, 1.54) is 7.05 Å². The summed E-state index contributed by atoms with van der Waals surface area (Å²) in [5.41, 5.74) is -1.01. The average molecular weight is 295 g/mol. The summed E-state index contributed by atoms with van der Waals surface area (Å²) in [6.07, 6.45) is -0.225. The van der Waals surface area contributed by atoms with Gasteiger partial charge in [0.25, 0.3) is 17.5 Å². The van der Waals surface area contributed by atoms with Crippen molar-refractivity contribution in [1.29, 1.82) is 0 Å². The third-order valence-electron chi connectivity index (χ3n) is 3.09. The number of likely N-dealkylation sites (tertiary alicyclic amines) is 1. The van der Waals surface area contributed by atoms with Crippen molar-refractivity contribution < 1.29 is 23.7 Å². The zero-order valence-electron chi connectivity index (χ0n) is 10.8. The number of nitrogens with one attached hydrogen (secondary N) is 1. The Bertz CT molecular complexity index is 660. The van der Waals surface area contributed by atoms with E-state index >= 15 is 0 Å². The van der Waals surface area contributed by atoms with Crippen LogP contribution in [0.1, 0.15) is 16.8 Å². The number of hydrogen-bond acceptors (Lipinski definition) is 5. The predicted molar refractivity (Wildman–Crippen MR) is 66.7 cm³/mol. The summed E-state index contributed by atoms with van der Waals surface area (Å²) >= 11 is 0. The second-order valence-corrected chi connectivity index (χ2v) is 4.44. The van der Waals surface area contributed by atoms with Crippen LogP contribution in [0.15, 0.2) is 18.2 Å². The van der Waals surface area contributed by atoms with Gasteiger partial charge in [0.1, 0.15) is 11.9 Å². The van der Waals surface area contributed by atoms with Crippen LogP contribution in [0.3, 0.4) is 0 Å². The molecule has 1 aliphatic heterocycles. The van der Waals surface area contributed by atoms with Gasteiger partial charge in [-0.3, -0.25) is 29.4 Å². The molecule has 1 N–H and O–H groups in total. The Hall–Kier alpha value is -2.84. The topological polar surface area (TPSA) is 110 Å². The first-order valence-electron chi connectivity index (χ1n) is 5.86. The highest BCUT2D eigenvalue weighted by molar-refractivity contribution is 6.08. The van der Waals surface area contributed by atoms with Gasteiger partial charge in [-0.05, 0) is 6.07 Å². The fraction of sp³-hybridized carbons (Fsp3) is 0.250. The molecule has 3 amide bonds. The molecule has 1 aromatic carbocycles. The molecule has 0 spiro atoms. The van der Waals surface area contributed by atoms with Gasteiger partial charge < -0.3 is 5.32 Å². The highest BCUT2D eigenvalue weighted by Gasteiger charge is 2.37. The maximum absolute atomic E-state index is 13.6. The van der Waals surface area contributed by atoms with Crippen LogP contribution in [0.5, 0.6) is 0 Å². The van der Waals surface area contributed by atoms with Crippen LogP contribution < -0.4 is 5.32 Å². The molecule has 9 heteroatoms. The van der Waals surface area contributed by atoms with Crippen LogP contribution in [0.4, 0.5) is 10.1 Å². The molecule has 21 heavy (non-hydrogen) atoms. The Morgan fingerprint density at radius 3 is 2.67 bits per heavy atom. The second kappa shape index (κ2) is 5.27. The summed E-state index contributed by atoms with van der Waals surface area (Å²) in [6, 6.07) is 1.40. The van der Waals surface area contributed by atoms with E-state index in [-0.39, 0.29) is 6.42 Å². The van der Waals surface area contributed by atoms with Gasteiger partial charge >= 0.3 is 0 Å². The van der Waals surface area contributed by atoms with Crippen molar-refractivity contribution >= 4 is 23.4 Å². The number of imide groups is 1. The number of nitro groups is 1. The van der Waals surface area contributed by atoms with E-state index in [0.29, 0.717) is 0 Å². The number of benzene rings is 1. The first kappa shape index (κ1) is 14.6. The Morgan fingerprint density at radius 1 is 1.48 bits per heavy atom. The first-order valence-corrected chi connectivity index (χ1v) is 5.86. The summed E-state index contributed by atoms with van der Waals surface area (Å²) < 4.78 is 13.6. The summed E-state index contributed by atoms with van der Waals surface area (Å²) in [7, 11) is 1.27. The number of rotatable bonds is 3. The third-order valence-corrected chi connectivity index (χ3v) is 3.09. The molecule has 0 radical (unpaired) electrons. The van der Waals surface area contributed by atoms with Crippen molar-refractivity contribution in [3.63, 3.8) is 0 Å². The number of halogens is 1. The number of nitro benzene ring substituents is 1. The highest BCUT2D eigenvalue weighted by Crippen LogP contribution is 2.18. The summed E-state index contributed by atoms with van der Waals surface area (Å²) in [5.74, 6) is -3.02. The van der Waals surface area contributed by atoms with Gasteiger partial charge in [0.15, 0.2) is 0 Å². The summed E-state index contributed by atoms with van der Waals surface area (Å²) in [4.78, 5) is 45.5. The van der Waals surface area contributed by atoms with Gasteiger partial charge in [0.05, 0.1) is 16.9 Å². The Kier molecular flexibility index (Phi) is 3.66. The average Bonchev–Trinajstić information content (AvgIpc) is 2.66. The van der Waals surface area contributed by atoms with Crippen molar-refractivity contribution in [2.75, 3.05) is 7.05 Å². The lowest BCUT2D eigenvalue weighted by molar-refractivity contribution is -0.384. The molecule has 1 heterocycles. The van der Waals surface area contributed by atoms with Crippen LogP contribution in [0, 0.1) is 15.9 Å². The molecule has 1 aromatic rings. The zero-order valence-corrected chi connectivity index (χ0v) is 10.8. The van der Waals surface area contributed by atoms with Gasteiger partial charge in [0, 0.05) is 19.2 Å². The number of non-ortho nitro benzene ring substituents is 1. The molecular formula is C12H10FN3O5. The lowest BCUT2D eigenvalue weighted by atomic mass is 10.1. The van der Waals surface area contributed by atoms with Crippen LogP contribution >= 0.6 is 0 Å². The van der Waals surface area contributed by atoms with Crippen molar-refractivity contribution in [1.82, 2.24) is 10.2 Å². The minimum Gasteiger partial charge on any atom is -0.340 e. The fourth-order valence-electron chi connectivity index (χ4n) is 1.91. The number of hydrogen-bond donors (Lipinski definition) is 1. The van der Waals surface area contributed by atoms with Crippen LogP contribution in [-0.4, -0.2) is 40.6 Å². The highest BCUT2D eigenvalue weighted by atomic mass is 19.1. The maximum atomic E-state index is 13.6. The molecule has 0 aromatic heterocycles. The predicted octanol–water partition coefficient (Wildman–Crippen LogP) is 0.221. The molecular weight excluding hydrogens is 285 g/mol. The molecule has 0 saturated carbocycles. The van der Waals surface area contributed by atoms with Crippen molar-refractivity contribution in [2.45, 2.75) is 12.5 Å². The van der Waals surface area contributed by atoms with Crippen LogP contribution in [0.2, 0.25) is 0 Å². The zero-order chi connectivity index (χ0) is 15.7. The molecule has 2 rings (SSSR count). The van der Waals surface area contributed by atoms with Crippen LogP contribution in [-0.2, 0) is 9.59 Å². The molecule has 1 unspecified atom stereocenters. The molecule has 1 aliphatic rings. The van der Waals surface area contributed by atoms with Crippen molar-refractivity contribution in [3.8, 4) is 0 Å². The van der Waals surface area contributed by atoms with Gasteiger partial charge in [-0.25, -0.2) is 4.39 Å². The fourth-order valence-corrected chi connectivity index (χ4v) is 1.91. The quantitative estimate of drug-likeness (QED) is 0.487. The molecule has 0 aliphatic carbocycles. The van der Waals surface area contributed by atoms with Gasteiger partial charge in [-0.2, -0.15) is 0 Å². The van der Waals surface area contributed by atoms with E-state index in [1.807, 2.05) is 0 Å². The number of carbonyl (C=O) groups excluding carboxylic acids is 3. The van der Waals surface area contributed by atoms with Gasteiger partial charge in [-0.15, -0.1) is 0 Å². The number of nitrogens with zero attached hydrogens (tertiary/aromatic N) is 2. The summed E-state index contributed by atoms with van der Waals surface area (Å²) in [6.45, 7) is 0. The Labute approximate surface area is 117 Å². The Balaban J connectivity index is 2.21. The molecule has 0 bridgehead atoms. The molecule has 8 nitrogen and oxygen atoms in total. The number of amides is 3. The molecule has 1 saturated heterocycles. The number of likely N-dealkylation sites (N-methyl/N-ethyl adjacent to an activating group) is 1. The minimum atomic E-state index is -1.09. The minimum absolute atomic E-state index is 0.225. The largest absolute Gasteiger partial charge is 0.340 e. The standard InChI is InChI=1S/C12H10FN3O5/c1-15-10(17)5-9(12(15)19)14-11(18)7-4-6(16(20)21)2-3-8(7)13/h2-4,9H,5H2,1H3,(H,14,18). The lowest BCUT2D eigenvalue weighted by Gasteiger charge is -2.11. The molecule has 1 fully saturated rings. The van der Waals surface area contributed by atoms with Crippen LogP contribution in [0.25, 0.3) is 0 Å². The van der Waals surface area contributed by atoms with Gasteiger partial charge in [-0.1, -0.05) is 0 Å². The van der Waals surface area contributed by atoms with E-state index < -0.39 is 45.8 Å². The summed E-state index contributed by atoms with van der Waals surface area (Å²) in [5, 5.41) is 12.8. The van der Waals surface area contributed by atoms with E-state index in [4.69, 9.17) is 0 Å². The third kappa shape index (κ3) is 2.71. The first-order chi connectivity index (χ1) is 9.81. The van der Waals surface area contributed by atoms with E-state index in [0.717, 1.165) is 23.1 Å². The van der Waals surface area contributed by atoms with Crippen molar-refractivity contribution in [2.24, 2.45) is 0 Å². The SMILES string of the molecule is CN1C(=O)CC(NC(=O)c2cc([N+](=O)[O-])ccc2F)C1=O. The normalized spacial score (nSPS) is 18.0. The maximum Gasteiger partial charge on any atom is 0.270 e. The molecule has 1 atom stereocenters. The Morgan fingerprint density at radius 2 is 2.14 bits per heavy atom. The molecule has 110 valence electrons. The van der Waals surface area contributed by atoms with Crippen molar-refractivity contribution in [3.05, 3.63) is 39.7 Å². The van der Waals surface area contributed by atoms with E-state index in [2.05, 4.69) is 5.32 Å². The monoisotopic (exact) mass is 295 g/mol. The van der Waals surface area contributed by atoms with E-state index in [9.17, 15) is 28.9 Å².